The second kappa shape index (κ2) is 6.64. The molecule has 2 heterocycles. The summed E-state index contributed by atoms with van der Waals surface area (Å²) in [5.41, 5.74) is 3.16. The van der Waals surface area contributed by atoms with Gasteiger partial charge in [-0.3, -0.25) is 9.89 Å². The number of esters is 1. The van der Waals surface area contributed by atoms with Crippen LogP contribution in [-0.4, -0.2) is 46.4 Å². The van der Waals surface area contributed by atoms with Crippen LogP contribution >= 0.6 is 0 Å². The Morgan fingerprint density at radius 2 is 2.30 bits per heavy atom. The number of H-pyrrole nitrogens is 1. The second-order valence-electron chi connectivity index (χ2n) is 5.47. The minimum atomic E-state index is -0.441. The van der Waals surface area contributed by atoms with Crippen LogP contribution in [0.3, 0.4) is 0 Å². The molecule has 2 aromatic rings. The first kappa shape index (κ1) is 15.3. The Labute approximate surface area is 133 Å². The number of nitrogens with one attached hydrogen (secondary N) is 3. The Bertz CT molecular complexity index is 727. The minimum absolute atomic E-state index is 0.0239. The van der Waals surface area contributed by atoms with Crippen molar-refractivity contribution >= 4 is 23.0 Å². The average molecular weight is 317 g/mol. The van der Waals surface area contributed by atoms with E-state index < -0.39 is 5.97 Å². The van der Waals surface area contributed by atoms with Gasteiger partial charge >= 0.3 is 12.0 Å². The first-order chi connectivity index (χ1) is 11.2. The monoisotopic (exact) mass is 317 g/mol. The second-order valence-corrected chi connectivity index (χ2v) is 5.47. The van der Waals surface area contributed by atoms with Crippen molar-refractivity contribution < 1.29 is 14.3 Å². The number of aryl methyl sites for hydroxylation is 1. The van der Waals surface area contributed by atoms with Crippen LogP contribution in [0.25, 0.3) is 11.0 Å². The van der Waals surface area contributed by atoms with Crippen molar-refractivity contribution in [2.24, 2.45) is 0 Å². The molecule has 3 N–H and O–H groups in total. The summed E-state index contributed by atoms with van der Waals surface area (Å²) in [6.45, 7) is 1.90. The molecule has 0 aromatic carbocycles. The van der Waals surface area contributed by atoms with Gasteiger partial charge in [-0.1, -0.05) is 0 Å². The molecule has 122 valence electrons. The summed E-state index contributed by atoms with van der Waals surface area (Å²) in [6.07, 6.45) is 6.04. The van der Waals surface area contributed by atoms with Gasteiger partial charge in [0, 0.05) is 17.6 Å². The van der Waals surface area contributed by atoms with Crippen molar-refractivity contribution in [3.63, 3.8) is 0 Å². The fourth-order valence-electron chi connectivity index (χ4n) is 2.87. The third-order valence-corrected chi connectivity index (χ3v) is 3.92. The summed E-state index contributed by atoms with van der Waals surface area (Å²) >= 11 is 0. The fraction of sp³-hybridized carbons (Fsp3) is 0.467. The van der Waals surface area contributed by atoms with Crippen molar-refractivity contribution in [2.75, 3.05) is 13.2 Å². The molecular weight excluding hydrogens is 298 g/mol. The normalized spacial score (nSPS) is 16.7. The van der Waals surface area contributed by atoms with Gasteiger partial charge in [0.15, 0.2) is 5.65 Å². The lowest BCUT2D eigenvalue weighted by atomic mass is 9.88. The van der Waals surface area contributed by atoms with Crippen LogP contribution in [0.15, 0.2) is 12.4 Å². The number of hydrogen-bond donors (Lipinski definition) is 3. The molecular formula is C15H19N5O3. The van der Waals surface area contributed by atoms with Gasteiger partial charge in [0.1, 0.15) is 6.54 Å². The highest BCUT2D eigenvalue weighted by atomic mass is 16.5. The molecule has 0 aliphatic heterocycles. The Kier molecular flexibility index (Phi) is 4.40. The van der Waals surface area contributed by atoms with Gasteiger partial charge in [0.2, 0.25) is 0 Å². The van der Waals surface area contributed by atoms with Gasteiger partial charge in [-0.15, -0.1) is 0 Å². The van der Waals surface area contributed by atoms with Crippen LogP contribution in [-0.2, 0) is 22.4 Å². The number of pyridine rings is 1. The highest BCUT2D eigenvalue weighted by molar-refractivity contribution is 5.81. The number of ether oxygens (including phenoxy) is 1. The number of aromatic amines is 1. The fourth-order valence-corrected chi connectivity index (χ4v) is 2.87. The van der Waals surface area contributed by atoms with Gasteiger partial charge in [0.25, 0.3) is 0 Å². The maximum absolute atomic E-state index is 11.8. The van der Waals surface area contributed by atoms with Crippen LogP contribution in [0, 0.1) is 0 Å². The molecule has 0 radical (unpaired) electrons. The van der Waals surface area contributed by atoms with E-state index >= 15 is 0 Å². The van der Waals surface area contributed by atoms with Crippen molar-refractivity contribution in [1.82, 2.24) is 25.8 Å². The molecule has 8 nitrogen and oxygen atoms in total. The Balaban J connectivity index is 1.57. The zero-order chi connectivity index (χ0) is 16.2. The third-order valence-electron chi connectivity index (χ3n) is 3.92. The van der Waals surface area contributed by atoms with Gasteiger partial charge < -0.3 is 15.4 Å². The van der Waals surface area contributed by atoms with Crippen LogP contribution in [0.5, 0.6) is 0 Å². The predicted octanol–water partition coefficient (Wildman–Crippen LogP) is 0.677. The van der Waals surface area contributed by atoms with Crippen LogP contribution in [0.1, 0.15) is 24.5 Å². The molecule has 3 rings (SSSR count). The molecule has 0 spiro atoms. The minimum Gasteiger partial charge on any atom is -0.465 e. The smallest absolute Gasteiger partial charge is 0.325 e. The first-order valence-corrected chi connectivity index (χ1v) is 7.67. The number of hydrogen-bond acceptors (Lipinski definition) is 5. The van der Waals surface area contributed by atoms with E-state index in [9.17, 15) is 9.59 Å². The Morgan fingerprint density at radius 1 is 1.43 bits per heavy atom. The third kappa shape index (κ3) is 3.41. The lowest BCUT2D eigenvalue weighted by molar-refractivity contribution is -0.141. The number of rotatable bonds is 4. The van der Waals surface area contributed by atoms with Crippen molar-refractivity contribution in [1.29, 1.82) is 0 Å². The van der Waals surface area contributed by atoms with Crippen LogP contribution in [0.4, 0.5) is 4.79 Å². The first-order valence-electron chi connectivity index (χ1n) is 7.67. The number of amides is 2. The van der Waals surface area contributed by atoms with E-state index in [1.54, 1.807) is 13.1 Å². The highest BCUT2D eigenvalue weighted by Crippen LogP contribution is 2.26. The van der Waals surface area contributed by atoms with E-state index in [-0.39, 0.29) is 18.6 Å². The molecule has 1 atom stereocenters. The van der Waals surface area contributed by atoms with Crippen molar-refractivity contribution in [3.8, 4) is 0 Å². The summed E-state index contributed by atoms with van der Waals surface area (Å²) < 4.78 is 4.76. The molecule has 2 amide bonds. The lowest BCUT2D eigenvalue weighted by Crippen LogP contribution is -2.46. The van der Waals surface area contributed by atoms with E-state index in [4.69, 9.17) is 4.74 Å². The van der Waals surface area contributed by atoms with E-state index in [1.165, 1.54) is 5.56 Å². The quantitative estimate of drug-likeness (QED) is 0.718. The SMILES string of the molecule is CCOC(=O)CNC(=O)NC1CCc2c(cnc3[nH]ncc23)C1. The van der Waals surface area contributed by atoms with Crippen LogP contribution in [0.2, 0.25) is 0 Å². The molecule has 0 saturated heterocycles. The maximum atomic E-state index is 11.8. The van der Waals surface area contributed by atoms with Crippen LogP contribution < -0.4 is 10.6 Å². The number of urea groups is 1. The number of carbonyl (C=O) groups is 2. The molecule has 8 heteroatoms. The Hall–Kier alpha value is -2.64. The topological polar surface area (TPSA) is 109 Å². The molecule has 23 heavy (non-hydrogen) atoms. The molecule has 2 aromatic heterocycles. The summed E-state index contributed by atoms with van der Waals surface area (Å²) in [4.78, 5) is 27.4. The summed E-state index contributed by atoms with van der Waals surface area (Å²) in [5, 5.41) is 13.3. The molecule has 1 unspecified atom stereocenters. The van der Waals surface area contributed by atoms with E-state index in [2.05, 4.69) is 25.8 Å². The van der Waals surface area contributed by atoms with Crippen molar-refractivity contribution in [3.05, 3.63) is 23.5 Å². The van der Waals surface area contributed by atoms with Gasteiger partial charge in [-0.05, 0) is 37.3 Å². The zero-order valence-electron chi connectivity index (χ0n) is 12.9. The van der Waals surface area contributed by atoms with E-state index in [0.717, 1.165) is 35.9 Å². The standard InChI is InChI=1S/C15H19N5O3/c1-2-23-13(21)8-17-15(22)19-10-3-4-11-9(5-10)6-16-14-12(11)7-18-20-14/h6-7,10H,2-5,8H2,1H3,(H,16,18,20)(H2,17,19,22). The lowest BCUT2D eigenvalue weighted by Gasteiger charge is -2.25. The summed E-state index contributed by atoms with van der Waals surface area (Å²) in [6, 6.07) is -0.334. The average Bonchev–Trinajstić information content (AvgIpc) is 3.02. The largest absolute Gasteiger partial charge is 0.465 e. The number of fused-ring (bicyclic) bond motifs is 3. The van der Waals surface area contributed by atoms with Crippen molar-refractivity contribution in [2.45, 2.75) is 32.2 Å². The van der Waals surface area contributed by atoms with E-state index in [1.807, 2.05) is 6.20 Å². The van der Waals surface area contributed by atoms with Gasteiger partial charge in [-0.25, -0.2) is 9.78 Å². The number of nitrogens with zero attached hydrogens (tertiary/aromatic N) is 2. The highest BCUT2D eigenvalue weighted by Gasteiger charge is 2.22. The van der Waals surface area contributed by atoms with Gasteiger partial charge in [0.05, 0.1) is 12.8 Å². The summed E-state index contributed by atoms with van der Waals surface area (Å²) in [7, 11) is 0. The molecule has 0 bridgehead atoms. The molecule has 0 fully saturated rings. The maximum Gasteiger partial charge on any atom is 0.325 e. The predicted molar refractivity (Wildman–Crippen MR) is 82.9 cm³/mol. The van der Waals surface area contributed by atoms with Gasteiger partial charge in [-0.2, -0.15) is 5.10 Å². The number of carbonyl (C=O) groups excluding carboxylic acids is 2. The Morgan fingerprint density at radius 3 is 3.13 bits per heavy atom. The molecule has 0 saturated carbocycles. The molecule has 1 aliphatic carbocycles. The molecule has 1 aliphatic rings. The zero-order valence-corrected chi connectivity index (χ0v) is 12.9. The van der Waals surface area contributed by atoms with E-state index in [0.29, 0.717) is 6.61 Å². The summed E-state index contributed by atoms with van der Waals surface area (Å²) in [5.74, 6) is -0.441. The number of aromatic nitrogens is 3.